The number of carbonyl (C=O) groups excluding carboxylic acids is 2. The normalized spacial score (nSPS) is 22.0. The van der Waals surface area contributed by atoms with Gasteiger partial charge in [0.1, 0.15) is 11.4 Å². The van der Waals surface area contributed by atoms with Gasteiger partial charge in [0.15, 0.2) is 0 Å². The molecule has 0 saturated carbocycles. The van der Waals surface area contributed by atoms with Crippen LogP contribution in [0.25, 0.3) is 0 Å². The van der Waals surface area contributed by atoms with Gasteiger partial charge in [0.05, 0.1) is 0 Å². The predicted octanol–water partition coefficient (Wildman–Crippen LogP) is 3.39. The summed E-state index contributed by atoms with van der Waals surface area (Å²) >= 11 is 1.68. The zero-order valence-corrected chi connectivity index (χ0v) is 15.5. The fraction of sp³-hybridized carbons (Fsp3) is 0.333. The minimum absolute atomic E-state index is 0.0194. The molecule has 1 fully saturated rings. The Kier molecular flexibility index (Phi) is 4.72. The van der Waals surface area contributed by atoms with Crippen LogP contribution in [0.1, 0.15) is 40.2 Å². The summed E-state index contributed by atoms with van der Waals surface area (Å²) in [4.78, 5) is 27.3. The fourth-order valence-corrected chi connectivity index (χ4v) is 5.15. The molecule has 0 radical (unpaired) electrons. The molecule has 0 unspecified atom stereocenters. The first-order valence-electron chi connectivity index (χ1n) is 9.02. The molecule has 4 rings (SSSR count). The Morgan fingerprint density at radius 2 is 1.92 bits per heavy atom. The lowest BCUT2D eigenvalue weighted by Crippen LogP contribution is -2.48. The van der Waals surface area contributed by atoms with Gasteiger partial charge in [0.2, 0.25) is 5.91 Å². The summed E-state index contributed by atoms with van der Waals surface area (Å²) < 4.78 is 0. The standard InChI is InChI=1S/C21H22N2O2S/c1-14(11-12-15-7-3-2-4-8-15)22-19(24)18-13-26-21-17-10-6-5-9-16(17)20(25)23(18)21/h2-10,14,18,21H,11-13H2,1H3,(H,22,24)/t14-,18+,21-/m0/s1. The summed E-state index contributed by atoms with van der Waals surface area (Å²) in [5.41, 5.74) is 3.05. The van der Waals surface area contributed by atoms with Crippen LogP contribution in [0, 0.1) is 0 Å². The lowest BCUT2D eigenvalue weighted by Gasteiger charge is -2.24. The number of nitrogens with zero attached hydrogens (tertiary/aromatic N) is 1. The third-order valence-electron chi connectivity index (χ3n) is 5.09. The van der Waals surface area contributed by atoms with E-state index in [9.17, 15) is 9.59 Å². The first-order valence-corrected chi connectivity index (χ1v) is 10.1. The average Bonchev–Trinajstić information content (AvgIpc) is 3.22. The number of carbonyl (C=O) groups is 2. The molecule has 4 nitrogen and oxygen atoms in total. The van der Waals surface area contributed by atoms with Crippen LogP contribution in [-0.4, -0.2) is 34.6 Å². The molecule has 2 amide bonds. The summed E-state index contributed by atoms with van der Waals surface area (Å²) in [6.07, 6.45) is 1.81. The molecular formula is C21H22N2O2S. The van der Waals surface area contributed by atoms with E-state index in [1.807, 2.05) is 49.4 Å². The first kappa shape index (κ1) is 17.2. The van der Waals surface area contributed by atoms with E-state index in [0.29, 0.717) is 5.75 Å². The van der Waals surface area contributed by atoms with Gasteiger partial charge >= 0.3 is 0 Å². The maximum atomic E-state index is 12.8. The van der Waals surface area contributed by atoms with Crippen LogP contribution in [0.5, 0.6) is 0 Å². The van der Waals surface area contributed by atoms with Gasteiger partial charge in [0.25, 0.3) is 5.91 Å². The SMILES string of the molecule is C[C@@H](CCc1ccccc1)NC(=O)[C@H]1CS[C@H]2c3ccccc3C(=O)N12. The Balaban J connectivity index is 1.38. The Bertz CT molecular complexity index is 824. The van der Waals surface area contributed by atoms with Gasteiger partial charge in [-0.15, -0.1) is 11.8 Å². The quantitative estimate of drug-likeness (QED) is 0.882. The van der Waals surface area contributed by atoms with Crippen molar-refractivity contribution >= 4 is 23.6 Å². The van der Waals surface area contributed by atoms with E-state index in [1.54, 1.807) is 16.7 Å². The molecule has 26 heavy (non-hydrogen) atoms. The van der Waals surface area contributed by atoms with Crippen molar-refractivity contribution in [3.05, 3.63) is 71.3 Å². The number of nitrogens with one attached hydrogen (secondary N) is 1. The molecule has 2 heterocycles. The van der Waals surface area contributed by atoms with E-state index >= 15 is 0 Å². The third kappa shape index (κ3) is 3.12. The van der Waals surface area contributed by atoms with Crippen molar-refractivity contribution < 1.29 is 9.59 Å². The van der Waals surface area contributed by atoms with Crippen LogP contribution in [0.3, 0.4) is 0 Å². The highest BCUT2D eigenvalue weighted by molar-refractivity contribution is 7.99. The van der Waals surface area contributed by atoms with Crippen molar-refractivity contribution in [1.29, 1.82) is 0 Å². The minimum atomic E-state index is -0.385. The highest BCUT2D eigenvalue weighted by atomic mass is 32.2. The largest absolute Gasteiger partial charge is 0.352 e. The van der Waals surface area contributed by atoms with Crippen molar-refractivity contribution in [2.75, 3.05) is 5.75 Å². The summed E-state index contributed by atoms with van der Waals surface area (Å²) in [6, 6.07) is 17.7. The highest BCUT2D eigenvalue weighted by Crippen LogP contribution is 2.48. The lowest BCUT2D eigenvalue weighted by atomic mass is 10.1. The van der Waals surface area contributed by atoms with Crippen molar-refractivity contribution in [1.82, 2.24) is 10.2 Å². The zero-order chi connectivity index (χ0) is 18.1. The van der Waals surface area contributed by atoms with E-state index in [4.69, 9.17) is 0 Å². The molecule has 1 saturated heterocycles. The summed E-state index contributed by atoms with van der Waals surface area (Å²) in [5, 5.41) is 3.09. The maximum Gasteiger partial charge on any atom is 0.256 e. The second-order valence-corrected chi connectivity index (χ2v) is 8.05. The molecular weight excluding hydrogens is 344 g/mol. The molecule has 0 bridgehead atoms. The van der Waals surface area contributed by atoms with E-state index in [-0.39, 0.29) is 29.3 Å². The molecule has 0 spiro atoms. The van der Waals surface area contributed by atoms with E-state index < -0.39 is 0 Å². The van der Waals surface area contributed by atoms with Crippen molar-refractivity contribution in [2.24, 2.45) is 0 Å². The molecule has 2 aliphatic rings. The molecule has 2 aromatic rings. The average molecular weight is 366 g/mol. The van der Waals surface area contributed by atoms with Gasteiger partial charge < -0.3 is 10.2 Å². The van der Waals surface area contributed by atoms with Crippen LogP contribution >= 0.6 is 11.8 Å². The Labute approximate surface area is 158 Å². The van der Waals surface area contributed by atoms with Crippen LogP contribution in [0.2, 0.25) is 0 Å². The van der Waals surface area contributed by atoms with Gasteiger partial charge in [0, 0.05) is 17.4 Å². The minimum Gasteiger partial charge on any atom is -0.352 e. The van der Waals surface area contributed by atoms with E-state index in [1.165, 1.54) is 5.56 Å². The number of benzene rings is 2. The number of hydrogen-bond acceptors (Lipinski definition) is 3. The number of fused-ring (bicyclic) bond motifs is 3. The lowest BCUT2D eigenvalue weighted by molar-refractivity contribution is -0.125. The highest BCUT2D eigenvalue weighted by Gasteiger charge is 2.48. The van der Waals surface area contributed by atoms with Crippen molar-refractivity contribution in [3.8, 4) is 0 Å². The van der Waals surface area contributed by atoms with Gasteiger partial charge in [-0.2, -0.15) is 0 Å². The number of hydrogen-bond donors (Lipinski definition) is 1. The summed E-state index contributed by atoms with van der Waals surface area (Å²) in [6.45, 7) is 2.03. The summed E-state index contributed by atoms with van der Waals surface area (Å²) in [7, 11) is 0. The third-order valence-corrected chi connectivity index (χ3v) is 6.40. The first-order chi connectivity index (χ1) is 12.6. The molecule has 2 aliphatic heterocycles. The Morgan fingerprint density at radius 1 is 1.19 bits per heavy atom. The van der Waals surface area contributed by atoms with Gasteiger partial charge in [-0.1, -0.05) is 48.5 Å². The predicted molar refractivity (Wildman–Crippen MR) is 104 cm³/mol. The van der Waals surface area contributed by atoms with Crippen LogP contribution in [0.4, 0.5) is 0 Å². The molecule has 0 aromatic heterocycles. The second-order valence-electron chi connectivity index (χ2n) is 6.94. The van der Waals surface area contributed by atoms with Crippen molar-refractivity contribution in [3.63, 3.8) is 0 Å². The number of thioether (sulfide) groups is 1. The van der Waals surface area contributed by atoms with Crippen molar-refractivity contribution in [2.45, 2.75) is 37.2 Å². The monoisotopic (exact) mass is 366 g/mol. The van der Waals surface area contributed by atoms with E-state index in [2.05, 4.69) is 17.4 Å². The smallest absolute Gasteiger partial charge is 0.256 e. The van der Waals surface area contributed by atoms with Gasteiger partial charge in [-0.3, -0.25) is 9.59 Å². The zero-order valence-electron chi connectivity index (χ0n) is 14.7. The Morgan fingerprint density at radius 3 is 2.73 bits per heavy atom. The van der Waals surface area contributed by atoms with Crippen LogP contribution in [-0.2, 0) is 11.2 Å². The molecule has 0 aliphatic carbocycles. The number of aryl methyl sites for hydroxylation is 1. The van der Waals surface area contributed by atoms with Gasteiger partial charge in [-0.05, 0) is 37.0 Å². The van der Waals surface area contributed by atoms with E-state index in [0.717, 1.165) is 24.0 Å². The topological polar surface area (TPSA) is 49.4 Å². The molecule has 1 N–H and O–H groups in total. The maximum absolute atomic E-state index is 12.8. The summed E-state index contributed by atoms with van der Waals surface area (Å²) in [5.74, 6) is 0.594. The van der Waals surface area contributed by atoms with Crippen LogP contribution < -0.4 is 5.32 Å². The number of amides is 2. The van der Waals surface area contributed by atoms with Crippen LogP contribution in [0.15, 0.2) is 54.6 Å². The second kappa shape index (κ2) is 7.16. The Hall–Kier alpha value is -2.27. The molecule has 2 aromatic carbocycles. The molecule has 3 atom stereocenters. The molecule has 134 valence electrons. The number of rotatable bonds is 5. The molecule has 5 heteroatoms. The fourth-order valence-electron chi connectivity index (χ4n) is 3.68. The van der Waals surface area contributed by atoms with Gasteiger partial charge in [-0.25, -0.2) is 0 Å².